The minimum absolute atomic E-state index is 0.785. The largest absolute Gasteiger partial charge is 0.481 e. The monoisotopic (exact) mass is 329 g/mol. The molecule has 1 atom stereocenters. The summed E-state index contributed by atoms with van der Waals surface area (Å²) in [7, 11) is 0. The van der Waals surface area contributed by atoms with Gasteiger partial charge in [0.15, 0.2) is 5.54 Å². The van der Waals surface area contributed by atoms with E-state index in [-0.39, 0.29) is 0 Å². The van der Waals surface area contributed by atoms with Crippen LogP contribution in [0.1, 0.15) is 12.0 Å². The molecular weight excluding hydrogens is 320 g/mol. The smallest absolute Gasteiger partial charge is 0.471 e. The quantitative estimate of drug-likeness (QED) is 0.835. The molecule has 0 unspecified atom stereocenters. The zero-order chi connectivity index (χ0) is 17.2. The van der Waals surface area contributed by atoms with E-state index in [1.54, 1.807) is 0 Å². The highest BCUT2D eigenvalue weighted by Gasteiger charge is 2.60. The predicted molar refractivity (Wildman–Crippen MR) is 60.6 cm³/mol. The number of aliphatic carboxylic acids is 1. The van der Waals surface area contributed by atoms with Gasteiger partial charge in [-0.1, -0.05) is 30.3 Å². The second-order valence-corrected chi connectivity index (χ2v) is 4.29. The molecule has 1 aromatic rings. The molecule has 0 aliphatic heterocycles. The number of nitrogens with one attached hydrogen (secondary N) is 1. The van der Waals surface area contributed by atoms with Crippen LogP contribution in [0.2, 0.25) is 0 Å². The third kappa shape index (κ3) is 3.68. The van der Waals surface area contributed by atoms with Gasteiger partial charge in [0.05, 0.1) is 6.42 Å². The van der Waals surface area contributed by atoms with Gasteiger partial charge in [-0.05, 0) is 5.56 Å². The second kappa shape index (κ2) is 5.85. The van der Waals surface area contributed by atoms with Crippen molar-refractivity contribution in [3.63, 3.8) is 0 Å². The molecule has 0 aromatic heterocycles. The number of alkyl halides is 6. The van der Waals surface area contributed by atoms with Crippen LogP contribution in [0.25, 0.3) is 0 Å². The molecule has 0 fully saturated rings. The van der Waals surface area contributed by atoms with Crippen molar-refractivity contribution in [3.05, 3.63) is 35.9 Å². The van der Waals surface area contributed by atoms with Crippen LogP contribution in [0.15, 0.2) is 30.3 Å². The van der Waals surface area contributed by atoms with Gasteiger partial charge in [-0.25, -0.2) is 0 Å². The van der Waals surface area contributed by atoms with Crippen molar-refractivity contribution in [2.24, 2.45) is 0 Å². The van der Waals surface area contributed by atoms with E-state index in [0.717, 1.165) is 29.6 Å². The first kappa shape index (κ1) is 17.8. The van der Waals surface area contributed by atoms with Gasteiger partial charge in [-0.2, -0.15) is 26.3 Å². The van der Waals surface area contributed by atoms with E-state index < -0.39 is 41.8 Å². The molecule has 0 saturated heterocycles. The fourth-order valence-corrected chi connectivity index (χ4v) is 1.77. The van der Waals surface area contributed by atoms with E-state index in [0.29, 0.717) is 0 Å². The Morgan fingerprint density at radius 2 is 1.50 bits per heavy atom. The summed E-state index contributed by atoms with van der Waals surface area (Å²) in [6.07, 6.45) is -12.8. The Morgan fingerprint density at radius 1 is 1.00 bits per heavy atom. The zero-order valence-corrected chi connectivity index (χ0v) is 10.6. The zero-order valence-electron chi connectivity index (χ0n) is 10.6. The van der Waals surface area contributed by atoms with Gasteiger partial charge >= 0.3 is 24.2 Å². The average molecular weight is 329 g/mol. The van der Waals surface area contributed by atoms with Crippen LogP contribution in [0.4, 0.5) is 26.3 Å². The Bertz CT molecular complexity index is 554. The van der Waals surface area contributed by atoms with Gasteiger partial charge in [-0.3, -0.25) is 9.59 Å². The summed E-state index contributed by atoms with van der Waals surface area (Å²) in [5.41, 5.74) is -4.50. The summed E-state index contributed by atoms with van der Waals surface area (Å²) in [6, 6.07) is 5.02. The van der Waals surface area contributed by atoms with Crippen molar-refractivity contribution in [2.45, 2.75) is 24.3 Å². The van der Waals surface area contributed by atoms with E-state index in [9.17, 15) is 35.9 Å². The van der Waals surface area contributed by atoms with Gasteiger partial charge in [0.2, 0.25) is 0 Å². The molecule has 0 radical (unpaired) electrons. The van der Waals surface area contributed by atoms with Gasteiger partial charge < -0.3 is 10.4 Å². The minimum atomic E-state index is -5.59. The van der Waals surface area contributed by atoms with E-state index in [4.69, 9.17) is 5.11 Å². The fraction of sp³-hybridized carbons (Fsp3) is 0.333. The third-order valence-corrected chi connectivity index (χ3v) is 2.75. The molecule has 0 aliphatic rings. The molecule has 0 aliphatic carbocycles. The van der Waals surface area contributed by atoms with Crippen molar-refractivity contribution in [3.8, 4) is 0 Å². The van der Waals surface area contributed by atoms with Crippen LogP contribution in [0.5, 0.6) is 0 Å². The normalized spacial score (nSPS) is 15.0. The molecular formula is C12H9F6NO3. The Kier molecular flexibility index (Phi) is 4.73. The molecule has 0 bridgehead atoms. The number of carbonyl (C=O) groups is 2. The maximum Gasteiger partial charge on any atom is 0.471 e. The Morgan fingerprint density at radius 3 is 1.86 bits per heavy atom. The van der Waals surface area contributed by atoms with Crippen LogP contribution >= 0.6 is 0 Å². The molecule has 122 valence electrons. The van der Waals surface area contributed by atoms with E-state index in [1.807, 2.05) is 0 Å². The number of rotatable bonds is 4. The average Bonchev–Trinajstić information content (AvgIpc) is 2.35. The number of carboxylic acids is 1. The number of hydrogen-bond acceptors (Lipinski definition) is 2. The van der Waals surface area contributed by atoms with Crippen LogP contribution in [-0.4, -0.2) is 29.3 Å². The molecule has 2 N–H and O–H groups in total. The Hall–Kier alpha value is -2.26. The van der Waals surface area contributed by atoms with Gasteiger partial charge in [0, 0.05) is 0 Å². The molecule has 4 nitrogen and oxygen atoms in total. The lowest BCUT2D eigenvalue weighted by Gasteiger charge is -2.36. The van der Waals surface area contributed by atoms with Gasteiger partial charge in [-0.15, -0.1) is 0 Å². The number of amides is 1. The minimum Gasteiger partial charge on any atom is -0.481 e. The second-order valence-electron chi connectivity index (χ2n) is 4.29. The van der Waals surface area contributed by atoms with Crippen molar-refractivity contribution in [1.29, 1.82) is 0 Å². The summed E-state index contributed by atoms with van der Waals surface area (Å²) in [5, 5.41) is 9.45. The topological polar surface area (TPSA) is 66.4 Å². The molecule has 0 spiro atoms. The molecule has 1 aromatic carbocycles. The maximum atomic E-state index is 13.3. The van der Waals surface area contributed by atoms with Crippen LogP contribution < -0.4 is 5.32 Å². The van der Waals surface area contributed by atoms with Gasteiger partial charge in [0.25, 0.3) is 0 Å². The molecule has 10 heteroatoms. The SMILES string of the molecule is O=C(O)C[C@@](NC(=O)C(F)(F)F)(c1ccccc1)C(F)(F)F. The van der Waals surface area contributed by atoms with Crippen molar-refractivity contribution in [1.82, 2.24) is 5.32 Å². The Balaban J connectivity index is 3.47. The maximum absolute atomic E-state index is 13.3. The molecule has 1 amide bonds. The van der Waals surface area contributed by atoms with Crippen LogP contribution in [0, 0.1) is 0 Å². The fourth-order valence-electron chi connectivity index (χ4n) is 1.77. The van der Waals surface area contributed by atoms with Crippen molar-refractivity contribution in [2.75, 3.05) is 0 Å². The number of halogens is 6. The lowest BCUT2D eigenvalue weighted by Crippen LogP contribution is -2.59. The highest BCUT2D eigenvalue weighted by atomic mass is 19.4. The van der Waals surface area contributed by atoms with Crippen molar-refractivity contribution < 1.29 is 41.0 Å². The summed E-state index contributed by atoms with van der Waals surface area (Å²) >= 11 is 0. The van der Waals surface area contributed by atoms with E-state index in [1.165, 1.54) is 6.07 Å². The number of benzene rings is 1. The first-order chi connectivity index (χ1) is 9.90. The number of carboxylic acid groups (broad SMARTS) is 1. The Labute approximate surface area is 119 Å². The first-order valence-electron chi connectivity index (χ1n) is 5.63. The summed E-state index contributed by atoms with van der Waals surface area (Å²) in [5.74, 6) is -4.90. The van der Waals surface area contributed by atoms with Gasteiger partial charge in [0.1, 0.15) is 0 Å². The van der Waals surface area contributed by atoms with Crippen LogP contribution in [-0.2, 0) is 15.1 Å². The summed E-state index contributed by atoms with van der Waals surface area (Å²) < 4.78 is 76.9. The highest BCUT2D eigenvalue weighted by molar-refractivity contribution is 5.83. The summed E-state index contributed by atoms with van der Waals surface area (Å²) in [6.45, 7) is 0. The molecule has 22 heavy (non-hydrogen) atoms. The third-order valence-electron chi connectivity index (χ3n) is 2.75. The summed E-state index contributed by atoms with van der Waals surface area (Å²) in [4.78, 5) is 21.7. The predicted octanol–water partition coefficient (Wildman–Crippen LogP) is 2.60. The van der Waals surface area contributed by atoms with E-state index >= 15 is 0 Å². The highest BCUT2D eigenvalue weighted by Crippen LogP contribution is 2.42. The lowest BCUT2D eigenvalue weighted by molar-refractivity contribution is -0.217. The van der Waals surface area contributed by atoms with E-state index in [2.05, 4.69) is 0 Å². The van der Waals surface area contributed by atoms with Crippen LogP contribution in [0.3, 0.4) is 0 Å². The molecule has 0 saturated carbocycles. The molecule has 1 rings (SSSR count). The first-order valence-corrected chi connectivity index (χ1v) is 5.63. The number of carbonyl (C=O) groups excluding carboxylic acids is 1. The standard InChI is InChI=1S/C12H9F6NO3/c13-11(14,15)9(22)19-10(6-8(20)21,12(16,17)18)7-4-2-1-3-5-7/h1-5H,6H2,(H,19,22)(H,20,21)/t10-/m1/s1. The molecule has 0 heterocycles. The van der Waals surface area contributed by atoms with Crippen molar-refractivity contribution >= 4 is 11.9 Å². The number of hydrogen-bond donors (Lipinski definition) is 2. The lowest BCUT2D eigenvalue weighted by atomic mass is 9.85.